The van der Waals surface area contributed by atoms with E-state index in [2.05, 4.69) is 36.3 Å². The lowest BCUT2D eigenvalue weighted by atomic mass is 10.1. The topological polar surface area (TPSA) is 51.5 Å². The number of nitrogens with zero attached hydrogens (tertiary/aromatic N) is 3. The normalized spacial score (nSPS) is 12.9. The van der Waals surface area contributed by atoms with Gasteiger partial charge in [-0.25, -0.2) is 0 Å². The van der Waals surface area contributed by atoms with Gasteiger partial charge < -0.3 is 19.7 Å². The van der Waals surface area contributed by atoms with Gasteiger partial charge in [0.1, 0.15) is 0 Å². The van der Waals surface area contributed by atoms with Gasteiger partial charge in [0.25, 0.3) is 0 Å². The van der Waals surface area contributed by atoms with E-state index in [1.165, 1.54) is 0 Å². The van der Waals surface area contributed by atoms with E-state index in [9.17, 15) is 0 Å². The Morgan fingerprint density at radius 2 is 2.14 bits per heavy atom. The quantitative estimate of drug-likeness (QED) is 0.628. The van der Waals surface area contributed by atoms with Crippen molar-refractivity contribution in [3.63, 3.8) is 0 Å². The molecule has 1 atom stereocenters. The van der Waals surface area contributed by atoms with Crippen molar-refractivity contribution in [1.29, 1.82) is 0 Å². The molecule has 1 N–H and O–H groups in total. The zero-order chi connectivity index (χ0) is 15.7. The number of rotatable bonds is 11. The lowest BCUT2D eigenvalue weighted by Gasteiger charge is -2.21. The molecule has 0 spiro atoms. The zero-order valence-electron chi connectivity index (χ0n) is 14.1. The van der Waals surface area contributed by atoms with Crippen LogP contribution in [-0.4, -0.2) is 62.2 Å². The van der Waals surface area contributed by atoms with E-state index in [1.807, 2.05) is 11.6 Å². The lowest BCUT2D eigenvalue weighted by Crippen LogP contribution is -2.27. The molecule has 122 valence electrons. The molecule has 0 amide bonds. The summed E-state index contributed by atoms with van der Waals surface area (Å²) < 4.78 is 13.0. The van der Waals surface area contributed by atoms with Gasteiger partial charge in [0.05, 0.1) is 31.6 Å². The Balaban J connectivity index is 2.88. The predicted molar refractivity (Wildman–Crippen MR) is 84.9 cm³/mol. The smallest absolute Gasteiger partial charge is 0.161 e. The molecule has 0 saturated heterocycles. The van der Waals surface area contributed by atoms with Gasteiger partial charge in [-0.2, -0.15) is 5.10 Å². The molecule has 1 aromatic heterocycles. The number of nitrogens with one attached hydrogen (secondary N) is 1. The summed E-state index contributed by atoms with van der Waals surface area (Å²) in [6.07, 6.45) is 2.71. The van der Waals surface area contributed by atoms with Gasteiger partial charge in [0.15, 0.2) is 5.75 Å². The van der Waals surface area contributed by atoms with Crippen LogP contribution in [0.25, 0.3) is 0 Å². The van der Waals surface area contributed by atoms with Crippen molar-refractivity contribution in [2.45, 2.75) is 32.9 Å². The number of ether oxygens (including phenoxy) is 2. The number of aromatic nitrogens is 2. The summed E-state index contributed by atoms with van der Waals surface area (Å²) in [6, 6.07) is 0.196. The van der Waals surface area contributed by atoms with Crippen LogP contribution in [0.3, 0.4) is 0 Å². The minimum absolute atomic E-state index is 0.196. The third-order valence-corrected chi connectivity index (χ3v) is 3.36. The first-order valence-corrected chi connectivity index (χ1v) is 7.69. The highest BCUT2D eigenvalue weighted by Crippen LogP contribution is 2.27. The summed E-state index contributed by atoms with van der Waals surface area (Å²) in [4.78, 5) is 2.15. The molecule has 0 aliphatic rings. The Labute approximate surface area is 128 Å². The molecule has 1 unspecified atom stereocenters. The SMILES string of the molecule is CCNC(CCOCC)c1c(OC)cnn1CCN(C)C. The van der Waals surface area contributed by atoms with E-state index in [4.69, 9.17) is 9.47 Å². The fourth-order valence-corrected chi connectivity index (χ4v) is 2.29. The maximum absolute atomic E-state index is 5.50. The van der Waals surface area contributed by atoms with Crippen molar-refractivity contribution >= 4 is 0 Å². The molecule has 1 rings (SSSR count). The number of likely N-dealkylation sites (N-methyl/N-ethyl adjacent to an activating group) is 1. The summed E-state index contributed by atoms with van der Waals surface area (Å²) in [5.74, 6) is 0.844. The second kappa shape index (κ2) is 9.76. The molecule has 0 fully saturated rings. The lowest BCUT2D eigenvalue weighted by molar-refractivity contribution is 0.135. The highest BCUT2D eigenvalue weighted by Gasteiger charge is 2.21. The average Bonchev–Trinajstić information content (AvgIpc) is 2.87. The molecule has 0 radical (unpaired) electrons. The van der Waals surface area contributed by atoms with E-state index >= 15 is 0 Å². The largest absolute Gasteiger partial charge is 0.493 e. The summed E-state index contributed by atoms with van der Waals surface area (Å²) in [6.45, 7) is 8.31. The average molecular weight is 298 g/mol. The first-order valence-electron chi connectivity index (χ1n) is 7.69. The predicted octanol–water partition coefficient (Wildman–Crippen LogP) is 1.53. The second-order valence-electron chi connectivity index (χ2n) is 5.22. The zero-order valence-corrected chi connectivity index (χ0v) is 14.1. The van der Waals surface area contributed by atoms with E-state index in [0.29, 0.717) is 0 Å². The van der Waals surface area contributed by atoms with Crippen molar-refractivity contribution in [3.8, 4) is 5.75 Å². The molecule has 1 heterocycles. The second-order valence-corrected chi connectivity index (χ2v) is 5.22. The molecule has 0 aliphatic heterocycles. The minimum Gasteiger partial charge on any atom is -0.493 e. The van der Waals surface area contributed by atoms with E-state index < -0.39 is 0 Å². The van der Waals surface area contributed by atoms with Crippen molar-refractivity contribution in [2.75, 3.05) is 47.5 Å². The molecule has 21 heavy (non-hydrogen) atoms. The van der Waals surface area contributed by atoms with Crippen LogP contribution in [0.4, 0.5) is 0 Å². The summed E-state index contributed by atoms with van der Waals surface area (Å²) in [5, 5.41) is 7.99. The number of methoxy groups -OCH3 is 1. The van der Waals surface area contributed by atoms with Crippen LogP contribution in [0.15, 0.2) is 6.20 Å². The summed E-state index contributed by atoms with van der Waals surface area (Å²) in [7, 11) is 5.83. The molecule has 6 nitrogen and oxygen atoms in total. The van der Waals surface area contributed by atoms with Crippen LogP contribution in [0.5, 0.6) is 5.75 Å². The van der Waals surface area contributed by atoms with Crippen molar-refractivity contribution in [1.82, 2.24) is 20.0 Å². The summed E-state index contributed by atoms with van der Waals surface area (Å²) in [5.41, 5.74) is 1.11. The molecule has 0 saturated carbocycles. The van der Waals surface area contributed by atoms with Crippen LogP contribution in [0.1, 0.15) is 32.0 Å². The van der Waals surface area contributed by atoms with Crippen molar-refractivity contribution < 1.29 is 9.47 Å². The van der Waals surface area contributed by atoms with E-state index in [0.717, 1.165) is 50.7 Å². The van der Waals surface area contributed by atoms with Gasteiger partial charge in [-0.15, -0.1) is 0 Å². The van der Waals surface area contributed by atoms with Gasteiger partial charge in [-0.1, -0.05) is 6.92 Å². The first-order chi connectivity index (χ1) is 10.1. The van der Waals surface area contributed by atoms with Crippen LogP contribution in [0, 0.1) is 0 Å². The van der Waals surface area contributed by atoms with Gasteiger partial charge in [0.2, 0.25) is 0 Å². The standard InChI is InChI=1S/C15H30N4O2/c1-6-16-13(8-11-21-7-2)15-14(20-5)12-17-19(15)10-9-18(3)4/h12-13,16H,6-11H2,1-5H3. The molecular formula is C15H30N4O2. The van der Waals surface area contributed by atoms with Crippen LogP contribution >= 0.6 is 0 Å². The number of hydrogen-bond donors (Lipinski definition) is 1. The van der Waals surface area contributed by atoms with Crippen LogP contribution < -0.4 is 10.1 Å². The Morgan fingerprint density at radius 3 is 2.71 bits per heavy atom. The molecule has 1 aromatic rings. The van der Waals surface area contributed by atoms with Crippen molar-refractivity contribution in [3.05, 3.63) is 11.9 Å². The molecule has 0 aliphatic carbocycles. The van der Waals surface area contributed by atoms with E-state index in [-0.39, 0.29) is 6.04 Å². The van der Waals surface area contributed by atoms with Gasteiger partial charge in [0, 0.05) is 19.8 Å². The Bertz CT molecular complexity index is 393. The first kappa shape index (κ1) is 17.9. The van der Waals surface area contributed by atoms with Gasteiger partial charge in [-0.3, -0.25) is 4.68 Å². The molecular weight excluding hydrogens is 268 g/mol. The summed E-state index contributed by atoms with van der Waals surface area (Å²) >= 11 is 0. The fraction of sp³-hybridized carbons (Fsp3) is 0.800. The fourth-order valence-electron chi connectivity index (χ4n) is 2.29. The molecule has 0 bridgehead atoms. The van der Waals surface area contributed by atoms with Crippen molar-refractivity contribution in [2.24, 2.45) is 0 Å². The highest BCUT2D eigenvalue weighted by molar-refractivity contribution is 5.28. The Hall–Kier alpha value is -1.11. The van der Waals surface area contributed by atoms with Gasteiger partial charge in [-0.05, 0) is 34.0 Å². The highest BCUT2D eigenvalue weighted by atomic mass is 16.5. The molecule has 6 heteroatoms. The number of hydrogen-bond acceptors (Lipinski definition) is 5. The minimum atomic E-state index is 0.196. The molecule has 0 aromatic carbocycles. The Kier molecular flexibility index (Phi) is 8.34. The third kappa shape index (κ3) is 5.65. The van der Waals surface area contributed by atoms with Crippen LogP contribution in [0.2, 0.25) is 0 Å². The Morgan fingerprint density at radius 1 is 1.38 bits per heavy atom. The third-order valence-electron chi connectivity index (χ3n) is 3.36. The van der Waals surface area contributed by atoms with Gasteiger partial charge >= 0.3 is 0 Å². The maximum Gasteiger partial charge on any atom is 0.161 e. The van der Waals surface area contributed by atoms with Crippen LogP contribution in [-0.2, 0) is 11.3 Å². The monoisotopic (exact) mass is 298 g/mol. The maximum atomic E-state index is 5.50. The van der Waals surface area contributed by atoms with E-state index in [1.54, 1.807) is 13.3 Å².